The highest BCUT2D eigenvalue weighted by molar-refractivity contribution is 6.27. The molecule has 3 nitrogen and oxygen atoms in total. The van der Waals surface area contributed by atoms with Crippen molar-refractivity contribution in [1.29, 1.82) is 0 Å². The van der Waals surface area contributed by atoms with Gasteiger partial charge in [0.1, 0.15) is 22.3 Å². The molecule has 0 spiro atoms. The van der Waals surface area contributed by atoms with Gasteiger partial charge in [-0.05, 0) is 35.4 Å². The zero-order valence-electron chi connectivity index (χ0n) is 24.7. The van der Waals surface area contributed by atoms with E-state index in [1.54, 1.807) is 0 Å². The smallest absolute Gasteiger partial charge is 0.143 e. The fourth-order valence-electron chi connectivity index (χ4n) is 7.21. The van der Waals surface area contributed by atoms with Gasteiger partial charge in [-0.25, -0.2) is 4.98 Å². The molecule has 10 aromatic rings. The third-order valence-corrected chi connectivity index (χ3v) is 9.26. The number of para-hydroxylation sites is 4. The van der Waals surface area contributed by atoms with E-state index < -0.39 is 0 Å². The molecule has 46 heavy (non-hydrogen) atoms. The Labute approximate surface area is 264 Å². The molecule has 0 aliphatic rings. The van der Waals surface area contributed by atoms with Crippen molar-refractivity contribution in [2.75, 3.05) is 0 Å². The maximum Gasteiger partial charge on any atom is 0.143 e. The molecule has 0 unspecified atom stereocenters. The summed E-state index contributed by atoms with van der Waals surface area (Å²) in [5, 5.41) is 7.85. The summed E-state index contributed by atoms with van der Waals surface area (Å²) in [6.45, 7) is 0. The summed E-state index contributed by atoms with van der Waals surface area (Å²) in [4.78, 5) is 5.22. The van der Waals surface area contributed by atoms with E-state index in [-0.39, 0.29) is 0 Å². The highest BCUT2D eigenvalue weighted by atomic mass is 16.3. The van der Waals surface area contributed by atoms with E-state index in [1.807, 2.05) is 24.3 Å². The first-order valence-electron chi connectivity index (χ1n) is 15.5. The average molecular weight is 588 g/mol. The highest BCUT2D eigenvalue weighted by Gasteiger charge is 2.22. The number of benzene rings is 7. The largest absolute Gasteiger partial charge is 0.456 e. The molecule has 3 aromatic heterocycles. The number of aromatic nitrogens is 1. The molecule has 3 heterocycles. The SMILES string of the molecule is c1ccc(-c2nc3ccccc3c3c(-c4ccc(-c5cccc6c5oc5ccccc56)cc4)c4c(cc23)oc2ccccc24)cc1. The fraction of sp³-hybridized carbons (Fsp3) is 0. The number of furan rings is 2. The summed E-state index contributed by atoms with van der Waals surface area (Å²) >= 11 is 0. The molecule has 0 amide bonds. The number of hydrogen-bond donors (Lipinski definition) is 0. The van der Waals surface area contributed by atoms with Gasteiger partial charge in [-0.15, -0.1) is 0 Å². The van der Waals surface area contributed by atoms with Crippen molar-refractivity contribution in [2.45, 2.75) is 0 Å². The first kappa shape index (κ1) is 25.2. The molecule has 214 valence electrons. The molecular formula is C43H25NO2. The molecule has 0 bridgehead atoms. The predicted molar refractivity (Wildman–Crippen MR) is 190 cm³/mol. The van der Waals surface area contributed by atoms with E-state index >= 15 is 0 Å². The number of fused-ring (bicyclic) bond motifs is 9. The molecule has 0 aliphatic heterocycles. The molecule has 0 saturated heterocycles. The Kier molecular flexibility index (Phi) is 5.28. The Balaban J connectivity index is 1.29. The van der Waals surface area contributed by atoms with E-state index in [0.29, 0.717) is 0 Å². The minimum Gasteiger partial charge on any atom is -0.456 e. The van der Waals surface area contributed by atoms with Gasteiger partial charge in [0.05, 0.1) is 11.2 Å². The van der Waals surface area contributed by atoms with Gasteiger partial charge >= 0.3 is 0 Å². The van der Waals surface area contributed by atoms with Crippen LogP contribution in [-0.4, -0.2) is 4.98 Å². The molecule has 0 saturated carbocycles. The lowest BCUT2D eigenvalue weighted by Crippen LogP contribution is -1.93. The van der Waals surface area contributed by atoms with Gasteiger partial charge < -0.3 is 8.83 Å². The lowest BCUT2D eigenvalue weighted by Gasteiger charge is -2.16. The van der Waals surface area contributed by atoms with Gasteiger partial charge in [-0.2, -0.15) is 0 Å². The molecule has 3 heteroatoms. The van der Waals surface area contributed by atoms with E-state index in [2.05, 4.69) is 127 Å². The van der Waals surface area contributed by atoms with Gasteiger partial charge in [0.2, 0.25) is 0 Å². The van der Waals surface area contributed by atoms with Crippen molar-refractivity contribution >= 4 is 65.6 Å². The minimum atomic E-state index is 0.856. The molecule has 0 fully saturated rings. The lowest BCUT2D eigenvalue weighted by molar-refractivity contribution is 0.669. The third kappa shape index (κ3) is 3.63. The van der Waals surface area contributed by atoms with Crippen LogP contribution in [-0.2, 0) is 0 Å². The molecule has 0 atom stereocenters. The molecular weight excluding hydrogens is 562 g/mol. The Hall–Kier alpha value is -6.19. The van der Waals surface area contributed by atoms with E-state index in [4.69, 9.17) is 13.8 Å². The van der Waals surface area contributed by atoms with Crippen LogP contribution in [0.25, 0.3) is 99.1 Å². The second-order valence-corrected chi connectivity index (χ2v) is 11.8. The van der Waals surface area contributed by atoms with Crippen molar-refractivity contribution in [1.82, 2.24) is 4.98 Å². The lowest BCUT2D eigenvalue weighted by atomic mass is 9.89. The van der Waals surface area contributed by atoms with Gasteiger partial charge in [0.15, 0.2) is 0 Å². The Morgan fingerprint density at radius 3 is 1.87 bits per heavy atom. The Morgan fingerprint density at radius 1 is 0.391 bits per heavy atom. The van der Waals surface area contributed by atoms with Crippen LogP contribution in [0.4, 0.5) is 0 Å². The number of hydrogen-bond acceptors (Lipinski definition) is 3. The van der Waals surface area contributed by atoms with Crippen LogP contribution in [0.5, 0.6) is 0 Å². The van der Waals surface area contributed by atoms with Crippen LogP contribution >= 0.6 is 0 Å². The van der Waals surface area contributed by atoms with Crippen molar-refractivity contribution in [3.8, 4) is 33.5 Å². The van der Waals surface area contributed by atoms with Gasteiger partial charge in [0.25, 0.3) is 0 Å². The maximum absolute atomic E-state index is 6.56. The zero-order valence-corrected chi connectivity index (χ0v) is 24.7. The molecule has 0 N–H and O–H groups in total. The predicted octanol–water partition coefficient (Wildman–Crippen LogP) is 12.2. The van der Waals surface area contributed by atoms with Crippen molar-refractivity contribution in [3.63, 3.8) is 0 Å². The topological polar surface area (TPSA) is 39.2 Å². The summed E-state index contributed by atoms with van der Waals surface area (Å²) in [6, 6.07) is 53.0. The second-order valence-electron chi connectivity index (χ2n) is 11.8. The van der Waals surface area contributed by atoms with Crippen LogP contribution in [0.3, 0.4) is 0 Å². The Morgan fingerprint density at radius 2 is 1.04 bits per heavy atom. The van der Waals surface area contributed by atoms with Crippen LogP contribution < -0.4 is 0 Å². The number of rotatable bonds is 3. The van der Waals surface area contributed by atoms with Crippen molar-refractivity contribution < 1.29 is 8.83 Å². The van der Waals surface area contributed by atoms with Crippen LogP contribution in [0.2, 0.25) is 0 Å². The van der Waals surface area contributed by atoms with E-state index in [9.17, 15) is 0 Å². The first-order chi connectivity index (χ1) is 22.8. The third-order valence-electron chi connectivity index (χ3n) is 9.26. The highest BCUT2D eigenvalue weighted by Crippen LogP contribution is 2.46. The number of nitrogens with zero attached hydrogens (tertiary/aromatic N) is 1. The van der Waals surface area contributed by atoms with Gasteiger partial charge in [0, 0.05) is 54.4 Å². The summed E-state index contributed by atoms with van der Waals surface area (Å²) in [7, 11) is 0. The standard InChI is InChI=1S/C43H25NO2/c1-2-11-28(12-3-1)42-34-25-38-41(33-15-6-9-20-37(33)45-38)39(40(34)32-14-4-7-18-35(32)44-42)27-23-21-26(22-24-27)29-16-10-17-31-30-13-5-8-19-36(30)46-43(29)31/h1-25H. The van der Waals surface area contributed by atoms with E-state index in [0.717, 1.165) is 93.7 Å². The monoisotopic (exact) mass is 587 g/mol. The minimum absolute atomic E-state index is 0.856. The molecule has 10 rings (SSSR count). The normalized spacial score (nSPS) is 11.9. The van der Waals surface area contributed by atoms with E-state index in [1.165, 1.54) is 5.39 Å². The molecule has 0 radical (unpaired) electrons. The quantitative estimate of drug-likeness (QED) is 0.193. The molecule has 0 aliphatic carbocycles. The number of pyridine rings is 1. The van der Waals surface area contributed by atoms with Crippen LogP contribution in [0.15, 0.2) is 160 Å². The van der Waals surface area contributed by atoms with Crippen molar-refractivity contribution in [2.24, 2.45) is 0 Å². The van der Waals surface area contributed by atoms with Gasteiger partial charge in [-0.3, -0.25) is 0 Å². The summed E-state index contributed by atoms with van der Waals surface area (Å²) < 4.78 is 12.9. The van der Waals surface area contributed by atoms with Crippen LogP contribution in [0.1, 0.15) is 0 Å². The second kappa shape index (κ2) is 9.65. The zero-order chi connectivity index (χ0) is 30.2. The summed E-state index contributed by atoms with van der Waals surface area (Å²) in [5.74, 6) is 0. The maximum atomic E-state index is 6.56. The van der Waals surface area contributed by atoms with Crippen molar-refractivity contribution in [3.05, 3.63) is 152 Å². The van der Waals surface area contributed by atoms with Gasteiger partial charge in [-0.1, -0.05) is 127 Å². The fourth-order valence-corrected chi connectivity index (χ4v) is 7.21. The first-order valence-corrected chi connectivity index (χ1v) is 15.5. The summed E-state index contributed by atoms with van der Waals surface area (Å²) in [6.07, 6.45) is 0. The van der Waals surface area contributed by atoms with Crippen LogP contribution in [0, 0.1) is 0 Å². The summed E-state index contributed by atoms with van der Waals surface area (Å²) in [5.41, 5.74) is 11.0. The average Bonchev–Trinajstić information content (AvgIpc) is 3.69. The Bertz CT molecular complexity index is 2790. The molecule has 7 aromatic carbocycles.